The number of rotatable bonds is 3. The van der Waals surface area contributed by atoms with Gasteiger partial charge in [0.1, 0.15) is 20.1 Å². The summed E-state index contributed by atoms with van der Waals surface area (Å²) in [5.41, 5.74) is -1.85. The Bertz CT molecular complexity index is 328. The van der Waals surface area contributed by atoms with Crippen LogP contribution < -0.4 is 0 Å². The fourth-order valence-corrected chi connectivity index (χ4v) is 2.99. The van der Waals surface area contributed by atoms with Crippen molar-refractivity contribution in [1.29, 1.82) is 0 Å². The summed E-state index contributed by atoms with van der Waals surface area (Å²) in [6.07, 6.45) is -1.28. The summed E-state index contributed by atoms with van der Waals surface area (Å²) < 4.78 is 25.6. The van der Waals surface area contributed by atoms with Gasteiger partial charge in [0, 0.05) is 0 Å². The Morgan fingerprint density at radius 1 is 1.44 bits per heavy atom. The molecule has 0 aromatic heterocycles. The lowest BCUT2D eigenvalue weighted by atomic mass is 9.83. The number of alkyl halides is 1. The molecule has 0 spiro atoms. The highest BCUT2D eigenvalue weighted by atomic mass is 28.4. The van der Waals surface area contributed by atoms with Crippen molar-refractivity contribution in [2.24, 2.45) is 0 Å². The molecule has 1 fully saturated rings. The normalized spacial score (nSPS) is 37.8. The minimum absolute atomic E-state index is 0.0663. The molecule has 4 atom stereocenters. The molecule has 18 heavy (non-hydrogen) atoms. The zero-order chi connectivity index (χ0) is 14.4. The van der Waals surface area contributed by atoms with E-state index in [1.165, 1.54) is 6.92 Å². The SMILES string of the molecule is [B][C@@H]1O[C@H](C=O)[C@@H](O[Si](C)(C)C(C)(C)C)[C@@]1(C)F. The van der Waals surface area contributed by atoms with E-state index in [4.69, 9.17) is 17.0 Å². The van der Waals surface area contributed by atoms with Crippen LogP contribution in [0.2, 0.25) is 18.1 Å². The van der Waals surface area contributed by atoms with Crippen molar-refractivity contribution < 1.29 is 18.3 Å². The summed E-state index contributed by atoms with van der Waals surface area (Å²) in [5.74, 6) is 0. The van der Waals surface area contributed by atoms with Gasteiger partial charge < -0.3 is 14.0 Å². The van der Waals surface area contributed by atoms with Gasteiger partial charge in [-0.25, -0.2) is 4.39 Å². The predicted octanol–water partition coefficient (Wildman–Crippen LogP) is 2.20. The number of halogens is 1. The fourth-order valence-electron chi connectivity index (χ4n) is 1.64. The molecular weight excluding hydrogens is 250 g/mol. The lowest BCUT2D eigenvalue weighted by Crippen LogP contribution is -2.52. The first kappa shape index (κ1) is 15.9. The number of hydrogen-bond donors (Lipinski definition) is 0. The summed E-state index contributed by atoms with van der Waals surface area (Å²) >= 11 is 0. The highest BCUT2D eigenvalue weighted by Gasteiger charge is 2.55. The molecule has 1 aliphatic heterocycles. The number of carbonyl (C=O) groups is 1. The maximum atomic E-state index is 14.5. The zero-order valence-electron chi connectivity index (χ0n) is 12.0. The van der Waals surface area contributed by atoms with Crippen LogP contribution in [0.15, 0.2) is 0 Å². The lowest BCUT2D eigenvalue weighted by molar-refractivity contribution is -0.119. The highest BCUT2D eigenvalue weighted by molar-refractivity contribution is 6.74. The van der Waals surface area contributed by atoms with Crippen LogP contribution >= 0.6 is 0 Å². The summed E-state index contributed by atoms with van der Waals surface area (Å²) in [6, 6.07) is -1.12. The first-order valence-corrected chi connectivity index (χ1v) is 9.07. The van der Waals surface area contributed by atoms with Gasteiger partial charge in [-0.2, -0.15) is 0 Å². The van der Waals surface area contributed by atoms with E-state index >= 15 is 0 Å². The van der Waals surface area contributed by atoms with Crippen LogP contribution in [-0.4, -0.2) is 46.3 Å². The quantitative estimate of drug-likeness (QED) is 0.583. The molecule has 1 aliphatic rings. The van der Waals surface area contributed by atoms with Gasteiger partial charge in [-0.1, -0.05) is 20.8 Å². The van der Waals surface area contributed by atoms with E-state index in [1.807, 2.05) is 13.1 Å². The third-order valence-electron chi connectivity index (χ3n) is 4.08. The van der Waals surface area contributed by atoms with Gasteiger partial charge in [0.2, 0.25) is 0 Å². The van der Waals surface area contributed by atoms with Crippen LogP contribution in [0.1, 0.15) is 27.7 Å². The predicted molar refractivity (Wildman–Crippen MR) is 72.1 cm³/mol. The second-order valence-corrected chi connectivity index (χ2v) is 11.4. The van der Waals surface area contributed by atoms with Gasteiger partial charge in [-0.15, -0.1) is 0 Å². The molecule has 6 heteroatoms. The molecule has 0 unspecified atom stereocenters. The summed E-state index contributed by atoms with van der Waals surface area (Å²) in [4.78, 5) is 11.0. The molecule has 0 bridgehead atoms. The first-order valence-electron chi connectivity index (χ1n) is 6.16. The van der Waals surface area contributed by atoms with Gasteiger partial charge in [-0.3, -0.25) is 0 Å². The van der Waals surface area contributed by atoms with Crippen molar-refractivity contribution >= 4 is 22.4 Å². The van der Waals surface area contributed by atoms with E-state index in [0.717, 1.165) is 0 Å². The number of aldehydes is 1. The average Bonchev–Trinajstić information content (AvgIpc) is 2.39. The topological polar surface area (TPSA) is 35.5 Å². The molecule has 0 aliphatic carbocycles. The molecular formula is C12H22BFO3Si. The Kier molecular flexibility index (Phi) is 4.16. The van der Waals surface area contributed by atoms with Crippen molar-refractivity contribution in [2.75, 3.05) is 0 Å². The minimum atomic E-state index is -2.18. The van der Waals surface area contributed by atoms with Crippen molar-refractivity contribution in [1.82, 2.24) is 0 Å². The zero-order valence-corrected chi connectivity index (χ0v) is 13.0. The molecule has 0 aromatic rings. The van der Waals surface area contributed by atoms with Gasteiger partial charge in [0.05, 0.1) is 6.00 Å². The smallest absolute Gasteiger partial charge is 0.192 e. The molecule has 0 saturated carbocycles. The summed E-state index contributed by atoms with van der Waals surface area (Å²) in [5, 5.41) is -0.0663. The van der Waals surface area contributed by atoms with Gasteiger partial charge in [0.25, 0.3) is 0 Å². The van der Waals surface area contributed by atoms with Crippen molar-refractivity contribution in [3.63, 3.8) is 0 Å². The third-order valence-corrected chi connectivity index (χ3v) is 8.53. The summed E-state index contributed by atoms with van der Waals surface area (Å²) in [6.45, 7) is 11.5. The Balaban J connectivity index is 2.97. The van der Waals surface area contributed by atoms with Gasteiger partial charge >= 0.3 is 0 Å². The van der Waals surface area contributed by atoms with Crippen LogP contribution in [0, 0.1) is 0 Å². The molecule has 3 nitrogen and oxygen atoms in total. The lowest BCUT2D eigenvalue weighted by Gasteiger charge is -2.41. The molecule has 102 valence electrons. The largest absolute Gasteiger partial charge is 0.407 e. The maximum absolute atomic E-state index is 14.5. The van der Waals surface area contributed by atoms with Crippen LogP contribution in [0.5, 0.6) is 0 Å². The Labute approximate surface area is 111 Å². The molecule has 0 aromatic carbocycles. The van der Waals surface area contributed by atoms with Gasteiger partial charge in [-0.05, 0) is 25.1 Å². The van der Waals surface area contributed by atoms with E-state index in [2.05, 4.69) is 20.8 Å². The monoisotopic (exact) mass is 272 g/mol. The van der Waals surface area contributed by atoms with E-state index < -0.39 is 32.2 Å². The van der Waals surface area contributed by atoms with E-state index in [9.17, 15) is 9.18 Å². The Morgan fingerprint density at radius 3 is 2.33 bits per heavy atom. The first-order chi connectivity index (χ1) is 7.93. The summed E-state index contributed by atoms with van der Waals surface area (Å²) in [7, 11) is 3.40. The molecule has 1 heterocycles. The molecule has 1 saturated heterocycles. The average molecular weight is 272 g/mol. The number of ether oxygens (including phenoxy) is 1. The van der Waals surface area contributed by atoms with Crippen LogP contribution in [-0.2, 0) is 14.0 Å². The molecule has 0 N–H and O–H groups in total. The van der Waals surface area contributed by atoms with Crippen molar-refractivity contribution in [3.8, 4) is 0 Å². The highest BCUT2D eigenvalue weighted by Crippen LogP contribution is 2.42. The van der Waals surface area contributed by atoms with Crippen LogP contribution in [0.4, 0.5) is 4.39 Å². The molecule has 0 amide bonds. The molecule has 2 radical (unpaired) electrons. The fraction of sp³-hybridized carbons (Fsp3) is 0.917. The Hall–Kier alpha value is -0.198. The second kappa shape index (κ2) is 4.72. The standard InChI is InChI=1S/C12H22BFO3Si/c1-11(2,3)18(5,6)17-9-8(7-15)16-10(13)12(9,4)14/h7-10H,1-6H3/t8-,9-,10-,12-/m1/s1. The van der Waals surface area contributed by atoms with E-state index in [-0.39, 0.29) is 5.04 Å². The van der Waals surface area contributed by atoms with Gasteiger partial charge in [0.15, 0.2) is 20.3 Å². The van der Waals surface area contributed by atoms with Crippen LogP contribution in [0.3, 0.4) is 0 Å². The minimum Gasteiger partial charge on any atom is -0.407 e. The maximum Gasteiger partial charge on any atom is 0.192 e. The van der Waals surface area contributed by atoms with Crippen molar-refractivity contribution in [2.45, 2.75) is 69.7 Å². The van der Waals surface area contributed by atoms with E-state index in [1.54, 1.807) is 0 Å². The second-order valence-electron chi connectivity index (χ2n) is 6.61. The third kappa shape index (κ3) is 2.70. The molecule has 1 rings (SSSR count). The number of carbonyl (C=O) groups excluding carboxylic acids is 1. The Morgan fingerprint density at radius 2 is 1.94 bits per heavy atom. The van der Waals surface area contributed by atoms with Crippen LogP contribution in [0.25, 0.3) is 0 Å². The number of hydrogen-bond acceptors (Lipinski definition) is 3. The van der Waals surface area contributed by atoms with E-state index in [0.29, 0.717) is 6.29 Å². The van der Waals surface area contributed by atoms with Crippen molar-refractivity contribution in [3.05, 3.63) is 0 Å².